The molecule has 0 bridgehead atoms. The fourth-order valence-electron chi connectivity index (χ4n) is 2.33. The topological polar surface area (TPSA) is 52.0 Å². The summed E-state index contributed by atoms with van der Waals surface area (Å²) in [6.07, 6.45) is 2.88. The molecule has 3 heterocycles. The van der Waals surface area contributed by atoms with Crippen LogP contribution in [-0.4, -0.2) is 35.0 Å². The van der Waals surface area contributed by atoms with Gasteiger partial charge in [-0.1, -0.05) is 0 Å². The molecule has 1 atom stereocenters. The van der Waals surface area contributed by atoms with E-state index in [0.29, 0.717) is 6.61 Å². The van der Waals surface area contributed by atoms with Crippen molar-refractivity contribution in [2.24, 2.45) is 0 Å². The lowest BCUT2D eigenvalue weighted by Crippen LogP contribution is -2.31. The molecular formula is C12H16N4OS. The lowest BCUT2D eigenvalue weighted by atomic mass is 10.0. The lowest BCUT2D eigenvalue weighted by Gasteiger charge is -2.23. The quantitative estimate of drug-likeness (QED) is 0.902. The minimum atomic E-state index is 0.166. The number of hydrogen-bond donors (Lipinski definition) is 1. The van der Waals surface area contributed by atoms with Crippen LogP contribution in [0.1, 0.15) is 22.3 Å². The Kier molecular flexibility index (Phi) is 3.40. The SMILES string of the molecule is COCCn1cnnc1C1NCCc2sccc21. The minimum Gasteiger partial charge on any atom is -0.383 e. The molecule has 0 spiro atoms. The number of hydrogen-bond acceptors (Lipinski definition) is 5. The van der Waals surface area contributed by atoms with Crippen molar-refractivity contribution >= 4 is 11.3 Å². The lowest BCUT2D eigenvalue weighted by molar-refractivity contribution is 0.185. The number of rotatable bonds is 4. The molecule has 1 unspecified atom stereocenters. The van der Waals surface area contributed by atoms with Gasteiger partial charge in [0, 0.05) is 25.1 Å². The highest BCUT2D eigenvalue weighted by molar-refractivity contribution is 7.10. The predicted octanol–water partition coefficient (Wildman–Crippen LogP) is 1.22. The van der Waals surface area contributed by atoms with Crippen molar-refractivity contribution in [2.45, 2.75) is 19.0 Å². The zero-order valence-electron chi connectivity index (χ0n) is 10.3. The third-order valence-corrected chi connectivity index (χ3v) is 4.23. The van der Waals surface area contributed by atoms with E-state index in [4.69, 9.17) is 4.74 Å². The highest BCUT2D eigenvalue weighted by Crippen LogP contribution is 2.30. The minimum absolute atomic E-state index is 0.166. The second-order valence-corrected chi connectivity index (χ2v) is 5.31. The number of nitrogens with zero attached hydrogens (tertiary/aromatic N) is 3. The summed E-state index contributed by atoms with van der Waals surface area (Å²) >= 11 is 1.83. The monoisotopic (exact) mass is 264 g/mol. The average Bonchev–Trinajstić information content (AvgIpc) is 3.04. The van der Waals surface area contributed by atoms with E-state index in [1.54, 1.807) is 13.4 Å². The molecule has 2 aromatic heterocycles. The van der Waals surface area contributed by atoms with Gasteiger partial charge in [-0.05, 0) is 23.4 Å². The van der Waals surface area contributed by atoms with Crippen molar-refractivity contribution in [1.82, 2.24) is 20.1 Å². The first-order chi connectivity index (χ1) is 8.90. The number of fused-ring (bicyclic) bond motifs is 1. The molecule has 2 aromatic rings. The van der Waals surface area contributed by atoms with Crippen molar-refractivity contribution in [3.05, 3.63) is 34.0 Å². The van der Waals surface area contributed by atoms with Crippen LogP contribution in [0, 0.1) is 0 Å². The van der Waals surface area contributed by atoms with Crippen LogP contribution in [0.2, 0.25) is 0 Å². The number of nitrogens with one attached hydrogen (secondary N) is 1. The number of aromatic nitrogens is 3. The van der Waals surface area contributed by atoms with Gasteiger partial charge in [-0.15, -0.1) is 21.5 Å². The van der Waals surface area contributed by atoms with E-state index in [9.17, 15) is 0 Å². The molecular weight excluding hydrogens is 248 g/mol. The van der Waals surface area contributed by atoms with Crippen molar-refractivity contribution in [2.75, 3.05) is 20.3 Å². The number of ether oxygens (including phenoxy) is 1. The number of methoxy groups -OCH3 is 1. The standard InChI is InChI=1S/C12H16N4OS/c1-17-6-5-16-8-14-15-12(16)11-9-3-7-18-10(9)2-4-13-11/h3,7-8,11,13H,2,4-6H2,1H3. The molecule has 5 nitrogen and oxygen atoms in total. The van der Waals surface area contributed by atoms with Crippen LogP contribution in [-0.2, 0) is 17.7 Å². The van der Waals surface area contributed by atoms with Crippen molar-refractivity contribution in [3.8, 4) is 0 Å². The molecule has 6 heteroatoms. The van der Waals surface area contributed by atoms with E-state index in [-0.39, 0.29) is 6.04 Å². The van der Waals surface area contributed by atoms with Gasteiger partial charge in [0.2, 0.25) is 0 Å². The van der Waals surface area contributed by atoms with Crippen LogP contribution < -0.4 is 5.32 Å². The van der Waals surface area contributed by atoms with Gasteiger partial charge in [0.25, 0.3) is 0 Å². The van der Waals surface area contributed by atoms with E-state index in [0.717, 1.165) is 25.3 Å². The maximum Gasteiger partial charge on any atom is 0.154 e. The summed E-state index contributed by atoms with van der Waals surface area (Å²) < 4.78 is 7.18. The summed E-state index contributed by atoms with van der Waals surface area (Å²) in [5.74, 6) is 0.978. The Labute approximate surface area is 110 Å². The first-order valence-corrected chi connectivity index (χ1v) is 6.94. The Hall–Kier alpha value is -1.24. The van der Waals surface area contributed by atoms with Crippen LogP contribution in [0.4, 0.5) is 0 Å². The summed E-state index contributed by atoms with van der Waals surface area (Å²) in [5.41, 5.74) is 1.35. The maximum absolute atomic E-state index is 5.12. The Morgan fingerprint density at radius 2 is 2.56 bits per heavy atom. The normalized spacial score (nSPS) is 18.8. The van der Waals surface area contributed by atoms with E-state index in [2.05, 4.69) is 31.5 Å². The summed E-state index contributed by atoms with van der Waals surface area (Å²) in [4.78, 5) is 1.46. The molecule has 3 rings (SSSR count). The molecule has 18 heavy (non-hydrogen) atoms. The molecule has 0 radical (unpaired) electrons. The van der Waals surface area contributed by atoms with Crippen LogP contribution in [0.5, 0.6) is 0 Å². The molecule has 1 aliphatic heterocycles. The molecule has 0 aromatic carbocycles. The first kappa shape index (κ1) is 11.8. The molecule has 1 aliphatic rings. The Balaban J connectivity index is 1.90. The van der Waals surface area contributed by atoms with Gasteiger partial charge in [-0.2, -0.15) is 0 Å². The van der Waals surface area contributed by atoms with E-state index in [1.807, 2.05) is 11.3 Å². The van der Waals surface area contributed by atoms with Crippen LogP contribution >= 0.6 is 11.3 Å². The maximum atomic E-state index is 5.12. The second kappa shape index (κ2) is 5.17. The molecule has 0 fully saturated rings. The van der Waals surface area contributed by atoms with Crippen molar-refractivity contribution < 1.29 is 4.74 Å². The zero-order valence-corrected chi connectivity index (χ0v) is 11.1. The third kappa shape index (κ3) is 2.07. The van der Waals surface area contributed by atoms with Crippen molar-refractivity contribution in [1.29, 1.82) is 0 Å². The molecule has 1 N–H and O–H groups in total. The second-order valence-electron chi connectivity index (χ2n) is 4.31. The molecule has 0 amide bonds. The first-order valence-electron chi connectivity index (χ1n) is 6.06. The Morgan fingerprint density at radius 3 is 3.44 bits per heavy atom. The van der Waals surface area contributed by atoms with Crippen LogP contribution in [0.3, 0.4) is 0 Å². The molecule has 96 valence electrons. The van der Waals surface area contributed by atoms with Gasteiger partial charge in [-0.25, -0.2) is 0 Å². The van der Waals surface area contributed by atoms with Gasteiger partial charge in [0.05, 0.1) is 12.6 Å². The van der Waals surface area contributed by atoms with E-state index in [1.165, 1.54) is 10.4 Å². The Morgan fingerprint density at radius 1 is 1.61 bits per heavy atom. The zero-order chi connectivity index (χ0) is 12.4. The summed E-state index contributed by atoms with van der Waals surface area (Å²) in [6, 6.07) is 2.35. The van der Waals surface area contributed by atoms with Gasteiger partial charge in [0.1, 0.15) is 6.33 Å². The summed E-state index contributed by atoms with van der Waals surface area (Å²) in [6.45, 7) is 2.46. The van der Waals surface area contributed by atoms with Crippen LogP contribution in [0.15, 0.2) is 17.8 Å². The van der Waals surface area contributed by atoms with Gasteiger partial charge >= 0.3 is 0 Å². The van der Waals surface area contributed by atoms with Crippen molar-refractivity contribution in [3.63, 3.8) is 0 Å². The highest BCUT2D eigenvalue weighted by Gasteiger charge is 2.26. The molecule has 0 aliphatic carbocycles. The van der Waals surface area contributed by atoms with Gasteiger partial charge in [-0.3, -0.25) is 0 Å². The predicted molar refractivity (Wildman–Crippen MR) is 69.8 cm³/mol. The summed E-state index contributed by atoms with van der Waals surface area (Å²) in [7, 11) is 1.71. The highest BCUT2D eigenvalue weighted by atomic mass is 32.1. The van der Waals surface area contributed by atoms with E-state index >= 15 is 0 Å². The smallest absolute Gasteiger partial charge is 0.154 e. The molecule has 0 saturated carbocycles. The summed E-state index contributed by atoms with van der Waals surface area (Å²) in [5, 5.41) is 14.0. The fraction of sp³-hybridized carbons (Fsp3) is 0.500. The largest absolute Gasteiger partial charge is 0.383 e. The average molecular weight is 264 g/mol. The number of thiophene rings is 1. The van der Waals surface area contributed by atoms with E-state index < -0.39 is 0 Å². The fourth-order valence-corrected chi connectivity index (χ4v) is 3.25. The Bertz CT molecular complexity index is 522. The van der Waals surface area contributed by atoms with Crippen LogP contribution in [0.25, 0.3) is 0 Å². The van der Waals surface area contributed by atoms with Gasteiger partial charge in [0.15, 0.2) is 5.82 Å². The van der Waals surface area contributed by atoms with Gasteiger partial charge < -0.3 is 14.6 Å². The molecule has 0 saturated heterocycles. The third-order valence-electron chi connectivity index (χ3n) is 3.23.